The fourth-order valence-corrected chi connectivity index (χ4v) is 3.41. The van der Waals surface area contributed by atoms with Crippen LogP contribution in [0.15, 0.2) is 91.4 Å². The largest absolute Gasteiger partial charge is 0.348 e. The molecule has 0 spiro atoms. The number of hydrogen-bond acceptors (Lipinski definition) is 3. The van der Waals surface area contributed by atoms with E-state index in [0.29, 0.717) is 18.1 Å². The third-order valence-corrected chi connectivity index (χ3v) is 4.92. The fourth-order valence-electron chi connectivity index (χ4n) is 3.20. The summed E-state index contributed by atoms with van der Waals surface area (Å²) in [6, 6.07) is 21.4. The summed E-state index contributed by atoms with van der Waals surface area (Å²) >= 11 is 6.00. The van der Waals surface area contributed by atoms with Crippen LogP contribution in [0.25, 0.3) is 17.3 Å². The summed E-state index contributed by atoms with van der Waals surface area (Å²) in [5.41, 5.74) is 4.62. The number of benzene rings is 2. The highest BCUT2D eigenvalue weighted by atomic mass is 35.5. The normalized spacial score (nSPS) is 11.0. The molecule has 1 amide bonds. The van der Waals surface area contributed by atoms with Gasteiger partial charge in [-0.15, -0.1) is 0 Å². The van der Waals surface area contributed by atoms with Crippen LogP contribution in [-0.2, 0) is 17.9 Å². The molecule has 5 nitrogen and oxygen atoms in total. The average molecular weight is 429 g/mol. The van der Waals surface area contributed by atoms with Gasteiger partial charge in [0.15, 0.2) is 0 Å². The number of nitrogens with one attached hydrogen (secondary N) is 1. The maximum absolute atomic E-state index is 12.3. The molecule has 2 heterocycles. The van der Waals surface area contributed by atoms with E-state index >= 15 is 0 Å². The van der Waals surface area contributed by atoms with Crippen molar-refractivity contribution in [3.63, 3.8) is 0 Å². The molecular weight excluding hydrogens is 408 g/mol. The molecule has 4 aromatic rings. The van der Waals surface area contributed by atoms with Gasteiger partial charge in [-0.05, 0) is 41.5 Å². The fraction of sp³-hybridized carbons (Fsp3) is 0.0800. The van der Waals surface area contributed by atoms with E-state index in [4.69, 9.17) is 16.7 Å². The van der Waals surface area contributed by atoms with E-state index in [1.807, 2.05) is 59.4 Å². The van der Waals surface area contributed by atoms with Gasteiger partial charge in [-0.1, -0.05) is 54.1 Å². The topological polar surface area (TPSA) is 59.8 Å². The lowest BCUT2D eigenvalue weighted by Crippen LogP contribution is -2.20. The van der Waals surface area contributed by atoms with Gasteiger partial charge < -0.3 is 5.32 Å². The maximum Gasteiger partial charge on any atom is 0.244 e. The van der Waals surface area contributed by atoms with Gasteiger partial charge in [0, 0.05) is 47.4 Å². The second kappa shape index (κ2) is 9.87. The van der Waals surface area contributed by atoms with Gasteiger partial charge >= 0.3 is 0 Å². The van der Waals surface area contributed by atoms with Gasteiger partial charge in [-0.3, -0.25) is 14.5 Å². The van der Waals surface area contributed by atoms with Crippen molar-refractivity contribution in [3.8, 4) is 11.3 Å². The molecule has 6 heteroatoms. The van der Waals surface area contributed by atoms with Gasteiger partial charge in [0.25, 0.3) is 0 Å². The number of carbonyl (C=O) groups excluding carboxylic acids is 1. The SMILES string of the molecule is O=C(/C=C/c1cn(Cc2ccccc2)nc1-c1cccnc1)NCc1cccc(Cl)c1. The molecule has 0 atom stereocenters. The number of halogens is 1. The smallest absolute Gasteiger partial charge is 0.244 e. The lowest BCUT2D eigenvalue weighted by Gasteiger charge is -2.03. The Bertz CT molecular complexity index is 1190. The Kier molecular flexibility index (Phi) is 6.55. The summed E-state index contributed by atoms with van der Waals surface area (Å²) in [6.07, 6.45) is 8.74. The summed E-state index contributed by atoms with van der Waals surface area (Å²) in [4.78, 5) is 16.5. The lowest BCUT2D eigenvalue weighted by molar-refractivity contribution is -0.116. The Labute approximate surface area is 186 Å². The van der Waals surface area contributed by atoms with Crippen LogP contribution in [0.1, 0.15) is 16.7 Å². The van der Waals surface area contributed by atoms with E-state index in [-0.39, 0.29) is 5.91 Å². The molecule has 0 saturated carbocycles. The van der Waals surface area contributed by atoms with Crippen LogP contribution in [0.2, 0.25) is 5.02 Å². The average Bonchev–Trinajstić information content (AvgIpc) is 3.20. The van der Waals surface area contributed by atoms with Crippen molar-refractivity contribution >= 4 is 23.6 Å². The first-order valence-corrected chi connectivity index (χ1v) is 10.3. The highest BCUT2D eigenvalue weighted by molar-refractivity contribution is 6.30. The number of pyridine rings is 1. The molecule has 154 valence electrons. The third kappa shape index (κ3) is 5.68. The van der Waals surface area contributed by atoms with Gasteiger partial charge in [-0.25, -0.2) is 0 Å². The Hall–Kier alpha value is -3.70. The van der Waals surface area contributed by atoms with E-state index < -0.39 is 0 Å². The Morgan fingerprint density at radius 1 is 1.03 bits per heavy atom. The molecule has 0 aliphatic heterocycles. The molecule has 2 aromatic carbocycles. The minimum Gasteiger partial charge on any atom is -0.348 e. The molecule has 0 fully saturated rings. The van der Waals surface area contributed by atoms with Crippen LogP contribution in [0.4, 0.5) is 0 Å². The van der Waals surface area contributed by atoms with Crippen LogP contribution >= 0.6 is 11.6 Å². The van der Waals surface area contributed by atoms with Crippen molar-refractivity contribution in [2.45, 2.75) is 13.1 Å². The monoisotopic (exact) mass is 428 g/mol. The van der Waals surface area contributed by atoms with Crippen molar-refractivity contribution in [2.75, 3.05) is 0 Å². The van der Waals surface area contributed by atoms with Crippen molar-refractivity contribution in [1.82, 2.24) is 20.1 Å². The second-order valence-corrected chi connectivity index (χ2v) is 7.48. The quantitative estimate of drug-likeness (QED) is 0.422. The highest BCUT2D eigenvalue weighted by Gasteiger charge is 2.10. The molecule has 1 N–H and O–H groups in total. The summed E-state index contributed by atoms with van der Waals surface area (Å²) in [6.45, 7) is 1.05. The number of hydrogen-bond donors (Lipinski definition) is 1. The molecule has 0 unspecified atom stereocenters. The van der Waals surface area contributed by atoms with Crippen molar-refractivity contribution in [3.05, 3.63) is 113 Å². The third-order valence-electron chi connectivity index (χ3n) is 4.68. The van der Waals surface area contributed by atoms with Crippen LogP contribution in [-0.4, -0.2) is 20.7 Å². The van der Waals surface area contributed by atoms with E-state index in [0.717, 1.165) is 27.9 Å². The molecule has 0 bridgehead atoms. The molecule has 0 aliphatic rings. The van der Waals surface area contributed by atoms with E-state index in [9.17, 15) is 4.79 Å². The molecule has 2 aromatic heterocycles. The summed E-state index contributed by atoms with van der Waals surface area (Å²) in [5, 5.41) is 8.26. The van der Waals surface area contributed by atoms with E-state index in [1.165, 1.54) is 6.08 Å². The molecular formula is C25H21ClN4O. The zero-order valence-electron chi connectivity index (χ0n) is 16.8. The van der Waals surface area contributed by atoms with Crippen LogP contribution in [0.5, 0.6) is 0 Å². The summed E-state index contributed by atoms with van der Waals surface area (Å²) in [5.74, 6) is -0.187. The molecule has 0 saturated heterocycles. The Morgan fingerprint density at radius 2 is 1.87 bits per heavy atom. The zero-order chi connectivity index (χ0) is 21.5. The second-order valence-electron chi connectivity index (χ2n) is 7.04. The van der Waals surface area contributed by atoms with Crippen LogP contribution in [0.3, 0.4) is 0 Å². The number of nitrogens with zero attached hydrogens (tertiary/aromatic N) is 3. The van der Waals surface area contributed by atoms with Gasteiger partial charge in [-0.2, -0.15) is 5.10 Å². The zero-order valence-corrected chi connectivity index (χ0v) is 17.5. The highest BCUT2D eigenvalue weighted by Crippen LogP contribution is 2.23. The van der Waals surface area contributed by atoms with Gasteiger partial charge in [0.05, 0.1) is 6.54 Å². The van der Waals surface area contributed by atoms with Crippen LogP contribution in [0, 0.1) is 0 Å². The predicted molar refractivity (Wildman–Crippen MR) is 123 cm³/mol. The number of amides is 1. The molecule has 4 rings (SSSR count). The lowest BCUT2D eigenvalue weighted by atomic mass is 10.1. The first-order chi connectivity index (χ1) is 15.2. The van der Waals surface area contributed by atoms with E-state index in [2.05, 4.69) is 22.4 Å². The summed E-state index contributed by atoms with van der Waals surface area (Å²) < 4.78 is 1.88. The standard InChI is InChI=1S/C25H21ClN4O/c26-23-10-4-8-20(14-23)15-28-24(31)12-11-22-18-30(17-19-6-2-1-3-7-19)29-25(22)21-9-5-13-27-16-21/h1-14,16,18H,15,17H2,(H,28,31)/b12-11+. The number of rotatable bonds is 7. The first kappa shape index (κ1) is 20.6. The minimum atomic E-state index is -0.187. The predicted octanol–water partition coefficient (Wildman–Crippen LogP) is 4.98. The number of aromatic nitrogens is 3. The Morgan fingerprint density at radius 3 is 2.65 bits per heavy atom. The summed E-state index contributed by atoms with van der Waals surface area (Å²) in [7, 11) is 0. The van der Waals surface area contributed by atoms with Crippen molar-refractivity contribution in [1.29, 1.82) is 0 Å². The first-order valence-electron chi connectivity index (χ1n) is 9.89. The molecule has 0 radical (unpaired) electrons. The van der Waals surface area contributed by atoms with Crippen molar-refractivity contribution < 1.29 is 4.79 Å². The van der Waals surface area contributed by atoms with Crippen LogP contribution < -0.4 is 5.32 Å². The van der Waals surface area contributed by atoms with Crippen molar-refractivity contribution in [2.24, 2.45) is 0 Å². The van der Waals surface area contributed by atoms with Gasteiger partial charge in [0.1, 0.15) is 5.69 Å². The molecule has 0 aliphatic carbocycles. The number of carbonyl (C=O) groups is 1. The molecule has 31 heavy (non-hydrogen) atoms. The van der Waals surface area contributed by atoms with Gasteiger partial charge in [0.2, 0.25) is 5.91 Å². The minimum absolute atomic E-state index is 0.187. The van der Waals surface area contributed by atoms with E-state index in [1.54, 1.807) is 24.5 Å². The maximum atomic E-state index is 12.3. The Balaban J connectivity index is 1.52.